The maximum Gasteiger partial charge on any atom is 0.416 e. The highest BCUT2D eigenvalue weighted by molar-refractivity contribution is 6.21. The van der Waals surface area contributed by atoms with Gasteiger partial charge in [-0.15, -0.1) is 0 Å². The first kappa shape index (κ1) is 31.7. The van der Waals surface area contributed by atoms with Crippen LogP contribution in [-0.2, 0) is 6.18 Å². The smallest absolute Gasteiger partial charge is 0.416 e. The maximum atomic E-state index is 14.3. The van der Waals surface area contributed by atoms with Crippen LogP contribution in [0.15, 0.2) is 168 Å². The molecule has 54 heavy (non-hydrogen) atoms. The van der Waals surface area contributed by atoms with E-state index in [9.17, 15) is 13.2 Å². The molecule has 0 radical (unpaired) electrons. The lowest BCUT2D eigenvalue weighted by molar-refractivity contribution is -0.137. The second-order valence-corrected chi connectivity index (χ2v) is 13.1. The molecule has 3 aromatic heterocycles. The molecule has 0 N–H and O–H groups in total. The number of alkyl halides is 3. The minimum atomic E-state index is -4.54. The molecule has 0 aliphatic rings. The molecule has 5 nitrogen and oxygen atoms in total. The quantitative estimate of drug-likeness (QED) is 0.179. The summed E-state index contributed by atoms with van der Waals surface area (Å²) in [4.78, 5) is 14.7. The van der Waals surface area contributed by atoms with Crippen molar-refractivity contribution in [1.29, 1.82) is 0 Å². The first-order valence-corrected chi connectivity index (χ1v) is 17.4. The van der Waals surface area contributed by atoms with Gasteiger partial charge in [-0.1, -0.05) is 115 Å². The van der Waals surface area contributed by atoms with E-state index in [1.165, 1.54) is 12.1 Å². The van der Waals surface area contributed by atoms with Gasteiger partial charge >= 0.3 is 6.18 Å². The van der Waals surface area contributed by atoms with E-state index >= 15 is 0 Å². The van der Waals surface area contributed by atoms with Crippen molar-refractivity contribution >= 4 is 43.7 Å². The SMILES string of the molecule is FC(F)(F)c1cccc(-c2cc(-c3nc(-c4ccccc4)nc(-c4ccccc4)n3)ccc2-n2c3ccccc3c3ccc4c5ccccc5oc4c32)c1. The second-order valence-electron chi connectivity index (χ2n) is 13.1. The van der Waals surface area contributed by atoms with Gasteiger partial charge in [0.15, 0.2) is 23.1 Å². The van der Waals surface area contributed by atoms with Crippen LogP contribution >= 0.6 is 0 Å². The number of hydrogen-bond acceptors (Lipinski definition) is 4. The van der Waals surface area contributed by atoms with Crippen LogP contribution in [0.1, 0.15) is 5.56 Å². The van der Waals surface area contributed by atoms with Crippen molar-refractivity contribution in [3.8, 4) is 51.0 Å². The lowest BCUT2D eigenvalue weighted by Crippen LogP contribution is -2.05. The van der Waals surface area contributed by atoms with Crippen molar-refractivity contribution in [1.82, 2.24) is 19.5 Å². The summed E-state index contributed by atoms with van der Waals surface area (Å²) in [5.74, 6) is 1.36. The third-order valence-electron chi connectivity index (χ3n) is 9.88. The van der Waals surface area contributed by atoms with Crippen molar-refractivity contribution in [3.05, 3.63) is 169 Å². The Labute approximate surface area is 306 Å². The van der Waals surface area contributed by atoms with E-state index < -0.39 is 11.7 Å². The summed E-state index contributed by atoms with van der Waals surface area (Å²) in [6.07, 6.45) is -4.54. The molecule has 10 rings (SSSR count). The molecule has 258 valence electrons. The van der Waals surface area contributed by atoms with E-state index in [4.69, 9.17) is 19.4 Å². The molecule has 7 aromatic carbocycles. The molecule has 0 unspecified atom stereocenters. The standard InChI is InChI=1S/C46H27F3N4O/c47-46(48,49)32-17-11-16-30(26-32)37-27-31(45-51-43(28-12-3-1-4-13-28)50-44(52-45)29-14-5-2-6-15-29)22-25-39(37)53-38-20-9-7-18-33(38)35-23-24-36-34-19-8-10-21-40(34)54-42(36)41(35)53/h1-27H. The fraction of sp³-hybridized carbons (Fsp3) is 0.0217. The summed E-state index contributed by atoms with van der Waals surface area (Å²) < 4.78 is 51.5. The van der Waals surface area contributed by atoms with Crippen LogP contribution in [0.25, 0.3) is 94.7 Å². The molecule has 0 aliphatic carbocycles. The largest absolute Gasteiger partial charge is 0.454 e. The van der Waals surface area contributed by atoms with Crippen LogP contribution in [0.5, 0.6) is 0 Å². The van der Waals surface area contributed by atoms with Crippen LogP contribution in [0.3, 0.4) is 0 Å². The number of nitrogens with zero attached hydrogens (tertiary/aromatic N) is 4. The molecule has 0 saturated carbocycles. The van der Waals surface area contributed by atoms with Crippen molar-refractivity contribution in [2.75, 3.05) is 0 Å². The van der Waals surface area contributed by atoms with Crippen LogP contribution in [0.4, 0.5) is 13.2 Å². The van der Waals surface area contributed by atoms with E-state index in [-0.39, 0.29) is 0 Å². The van der Waals surface area contributed by atoms with Crippen LogP contribution in [-0.4, -0.2) is 19.5 Å². The number of para-hydroxylation sites is 2. The molecule has 10 aromatic rings. The highest BCUT2D eigenvalue weighted by atomic mass is 19.4. The summed E-state index contributed by atoms with van der Waals surface area (Å²) in [6, 6.07) is 50.6. The average molecular weight is 709 g/mol. The van der Waals surface area contributed by atoms with Gasteiger partial charge in [-0.05, 0) is 54.1 Å². The Balaban J connectivity index is 1.28. The predicted octanol–water partition coefficient (Wildman–Crippen LogP) is 12.6. The van der Waals surface area contributed by atoms with Crippen molar-refractivity contribution in [3.63, 3.8) is 0 Å². The van der Waals surface area contributed by atoms with Crippen molar-refractivity contribution in [2.24, 2.45) is 0 Å². The normalized spacial score (nSPS) is 12.0. The molecule has 0 spiro atoms. The van der Waals surface area contributed by atoms with Crippen LogP contribution < -0.4 is 0 Å². The van der Waals surface area contributed by atoms with Crippen molar-refractivity contribution in [2.45, 2.75) is 6.18 Å². The Kier molecular flexibility index (Phi) is 7.20. The third kappa shape index (κ3) is 5.22. The minimum absolute atomic E-state index is 0.393. The number of halogens is 3. The molecule has 0 aliphatic heterocycles. The van der Waals surface area contributed by atoms with Gasteiger partial charge in [-0.3, -0.25) is 0 Å². The number of rotatable bonds is 5. The number of furan rings is 1. The number of hydrogen-bond donors (Lipinski definition) is 0. The molecule has 0 atom stereocenters. The first-order chi connectivity index (χ1) is 26.4. The third-order valence-corrected chi connectivity index (χ3v) is 9.88. The van der Waals surface area contributed by atoms with Gasteiger partial charge in [0.1, 0.15) is 5.58 Å². The summed E-state index contributed by atoms with van der Waals surface area (Å²) in [6.45, 7) is 0. The zero-order valence-electron chi connectivity index (χ0n) is 28.4. The van der Waals surface area contributed by atoms with Gasteiger partial charge in [0.25, 0.3) is 0 Å². The molecular formula is C46H27F3N4O. The molecule has 8 heteroatoms. The fourth-order valence-electron chi connectivity index (χ4n) is 7.38. The van der Waals surface area contributed by atoms with E-state index in [1.54, 1.807) is 6.07 Å². The van der Waals surface area contributed by atoms with Gasteiger partial charge in [0.05, 0.1) is 22.3 Å². The van der Waals surface area contributed by atoms with Gasteiger partial charge < -0.3 is 8.98 Å². The van der Waals surface area contributed by atoms with Crippen LogP contribution in [0.2, 0.25) is 0 Å². The second kappa shape index (κ2) is 12.3. The minimum Gasteiger partial charge on any atom is -0.454 e. The zero-order valence-corrected chi connectivity index (χ0v) is 28.4. The number of aromatic nitrogens is 4. The zero-order chi connectivity index (χ0) is 36.4. The lowest BCUT2D eigenvalue weighted by Gasteiger charge is -2.17. The van der Waals surface area contributed by atoms with Gasteiger partial charge in [0.2, 0.25) is 0 Å². The molecule has 0 fully saturated rings. The summed E-state index contributed by atoms with van der Waals surface area (Å²) in [5.41, 5.74) is 6.31. The Bertz CT molecular complexity index is 2980. The predicted molar refractivity (Wildman–Crippen MR) is 208 cm³/mol. The Morgan fingerprint density at radius 3 is 1.76 bits per heavy atom. The monoisotopic (exact) mass is 708 g/mol. The van der Waals surface area contributed by atoms with Gasteiger partial charge in [-0.25, -0.2) is 15.0 Å². The molecule has 3 heterocycles. The van der Waals surface area contributed by atoms with Crippen molar-refractivity contribution < 1.29 is 17.6 Å². The number of benzene rings is 7. The Morgan fingerprint density at radius 1 is 0.463 bits per heavy atom. The first-order valence-electron chi connectivity index (χ1n) is 17.4. The highest BCUT2D eigenvalue weighted by Crippen LogP contribution is 2.43. The van der Waals surface area contributed by atoms with Gasteiger partial charge in [-0.2, -0.15) is 13.2 Å². The number of fused-ring (bicyclic) bond motifs is 7. The topological polar surface area (TPSA) is 56.7 Å². The fourth-order valence-corrected chi connectivity index (χ4v) is 7.38. The maximum absolute atomic E-state index is 14.3. The molecule has 0 saturated heterocycles. The molecule has 0 bridgehead atoms. The Hall–Kier alpha value is -7.06. The lowest BCUT2D eigenvalue weighted by atomic mass is 9.98. The van der Waals surface area contributed by atoms with Gasteiger partial charge in [0, 0.05) is 43.8 Å². The van der Waals surface area contributed by atoms with E-state index in [0.29, 0.717) is 45.4 Å². The summed E-state index contributed by atoms with van der Waals surface area (Å²) in [7, 11) is 0. The van der Waals surface area contributed by atoms with E-state index in [1.807, 2.05) is 121 Å². The van der Waals surface area contributed by atoms with E-state index in [2.05, 4.69) is 22.8 Å². The molecular weight excluding hydrogens is 682 g/mol. The highest BCUT2D eigenvalue weighted by Gasteiger charge is 2.31. The van der Waals surface area contributed by atoms with Crippen LogP contribution in [0, 0.1) is 0 Å². The Morgan fingerprint density at radius 2 is 1.06 bits per heavy atom. The summed E-state index contributed by atoms with van der Waals surface area (Å²) in [5, 5.41) is 3.89. The average Bonchev–Trinajstić information content (AvgIpc) is 3.77. The molecule has 0 amide bonds. The van der Waals surface area contributed by atoms with E-state index in [0.717, 1.165) is 55.4 Å². The summed E-state index contributed by atoms with van der Waals surface area (Å²) >= 11 is 0.